The molecule has 2 aromatic heterocycles. The van der Waals surface area contributed by atoms with Gasteiger partial charge in [0.1, 0.15) is 0 Å². The standard InChI is InChI=1S/C9H10F3N3OS2.C8H8F3N3OS2/c1-8(2,18(3,16)15-5-13)6-4-14-7(17-6)9(10,11)12;1-5(17(2,15)14-4-12)6-3-13-7(16-6)8(9,10)11/h4H,1-3H3;3,5H,1-2H3. The Labute approximate surface area is 206 Å². The van der Waals surface area contributed by atoms with Gasteiger partial charge in [-0.25, -0.2) is 18.4 Å². The van der Waals surface area contributed by atoms with Crippen molar-refractivity contribution in [1.29, 1.82) is 10.5 Å². The van der Waals surface area contributed by atoms with Crippen LogP contribution >= 0.6 is 22.7 Å². The van der Waals surface area contributed by atoms with Crippen molar-refractivity contribution in [2.45, 2.75) is 43.1 Å². The van der Waals surface area contributed by atoms with E-state index in [1.807, 2.05) is 0 Å². The lowest BCUT2D eigenvalue weighted by atomic mass is 10.2. The highest BCUT2D eigenvalue weighted by atomic mass is 32.2. The van der Waals surface area contributed by atoms with Gasteiger partial charge in [0, 0.05) is 34.7 Å². The SMILES string of the molecule is CC(C)(c1cnc(C(F)(F)F)s1)S(C)(=O)=NC#N.CC(c1cnc(C(F)(F)F)s1)S(C)(=O)=NC#N. The molecule has 0 N–H and O–H groups in total. The zero-order chi connectivity index (χ0) is 27.5. The normalized spacial score (nSPS) is 16.4. The van der Waals surface area contributed by atoms with Crippen molar-refractivity contribution >= 4 is 42.1 Å². The summed E-state index contributed by atoms with van der Waals surface area (Å²) in [6.07, 6.45) is -1.68. The fourth-order valence-corrected chi connectivity index (χ4v) is 6.43. The van der Waals surface area contributed by atoms with Gasteiger partial charge in [-0.05, 0) is 20.8 Å². The fourth-order valence-electron chi connectivity index (χ4n) is 2.04. The minimum Gasteiger partial charge on any atom is -0.248 e. The number of hydrogen-bond acceptors (Lipinski definition) is 10. The first-order valence-electron chi connectivity index (χ1n) is 8.96. The second kappa shape index (κ2) is 10.8. The third-order valence-electron chi connectivity index (χ3n) is 4.55. The molecule has 0 amide bonds. The van der Waals surface area contributed by atoms with Crippen LogP contribution in [0.4, 0.5) is 26.3 Å². The molecule has 0 radical (unpaired) electrons. The second-order valence-corrected chi connectivity index (χ2v) is 14.8. The monoisotopic (exact) mass is 580 g/mol. The van der Waals surface area contributed by atoms with Crippen LogP contribution in [0, 0.1) is 22.9 Å². The van der Waals surface area contributed by atoms with Crippen molar-refractivity contribution in [2.24, 2.45) is 8.73 Å². The Morgan fingerprint density at radius 1 is 0.914 bits per heavy atom. The van der Waals surface area contributed by atoms with E-state index in [9.17, 15) is 34.8 Å². The van der Waals surface area contributed by atoms with Crippen molar-refractivity contribution < 1.29 is 34.8 Å². The Bertz CT molecular complexity index is 1380. The van der Waals surface area contributed by atoms with E-state index in [0.29, 0.717) is 22.7 Å². The van der Waals surface area contributed by atoms with Crippen LogP contribution in [0.2, 0.25) is 0 Å². The topological polar surface area (TPSA) is 132 Å². The summed E-state index contributed by atoms with van der Waals surface area (Å²) < 4.78 is 104. The number of rotatable bonds is 4. The van der Waals surface area contributed by atoms with Crippen molar-refractivity contribution in [1.82, 2.24) is 9.97 Å². The molecule has 8 nitrogen and oxygen atoms in total. The minimum absolute atomic E-state index is 0.182. The molecule has 0 aliphatic rings. The average Bonchev–Trinajstić information content (AvgIpc) is 3.37. The lowest BCUT2D eigenvalue weighted by molar-refractivity contribution is -0.138. The third kappa shape index (κ3) is 7.60. The van der Waals surface area contributed by atoms with E-state index in [2.05, 4.69) is 18.7 Å². The highest BCUT2D eigenvalue weighted by Gasteiger charge is 2.39. The first kappa shape index (κ1) is 30.8. The molecule has 0 aromatic carbocycles. The van der Waals surface area contributed by atoms with Crippen LogP contribution in [0.25, 0.3) is 0 Å². The van der Waals surface area contributed by atoms with Crippen molar-refractivity contribution in [3.05, 3.63) is 32.2 Å². The average molecular weight is 581 g/mol. The molecule has 194 valence electrons. The first-order chi connectivity index (χ1) is 15.7. The molecule has 18 heteroatoms. The number of alkyl halides is 6. The predicted molar refractivity (Wildman–Crippen MR) is 120 cm³/mol. The number of halogens is 6. The number of hydrogen-bond donors (Lipinski definition) is 0. The summed E-state index contributed by atoms with van der Waals surface area (Å²) in [5.41, 5.74) is 0. The highest BCUT2D eigenvalue weighted by molar-refractivity contribution is 7.94. The molecule has 2 heterocycles. The molecule has 0 saturated carbocycles. The molecular weight excluding hydrogens is 562 g/mol. The minimum atomic E-state index is -4.53. The van der Waals surface area contributed by atoms with E-state index >= 15 is 0 Å². The molecule has 2 aromatic rings. The number of nitrogens with zero attached hydrogens (tertiary/aromatic N) is 6. The molecular formula is C17H18F6N6O2S4. The molecule has 2 rings (SSSR count). The molecule has 0 fully saturated rings. The van der Waals surface area contributed by atoms with Crippen LogP contribution in [0.15, 0.2) is 21.1 Å². The fraction of sp³-hybridized carbons (Fsp3) is 0.529. The molecule has 3 unspecified atom stereocenters. The maximum Gasteiger partial charge on any atom is 0.443 e. The van der Waals surface area contributed by atoms with Gasteiger partial charge >= 0.3 is 12.4 Å². The van der Waals surface area contributed by atoms with E-state index in [4.69, 9.17) is 10.5 Å². The third-order valence-corrected chi connectivity index (χ3v) is 12.0. The Hall–Kier alpha value is -2.28. The number of aromatic nitrogens is 2. The molecule has 35 heavy (non-hydrogen) atoms. The summed E-state index contributed by atoms with van der Waals surface area (Å²) in [5.74, 6) is 0. The largest absolute Gasteiger partial charge is 0.443 e. The lowest BCUT2D eigenvalue weighted by Crippen LogP contribution is -2.26. The molecule has 0 aliphatic heterocycles. The van der Waals surface area contributed by atoms with Crippen molar-refractivity contribution in [3.8, 4) is 12.4 Å². The van der Waals surface area contributed by atoms with Gasteiger partial charge in [0.2, 0.25) is 12.4 Å². The summed E-state index contributed by atoms with van der Waals surface area (Å²) in [5, 5.41) is 14.0. The Morgan fingerprint density at radius 2 is 1.37 bits per heavy atom. The molecule has 0 saturated heterocycles. The zero-order valence-corrected chi connectivity index (χ0v) is 21.9. The van der Waals surface area contributed by atoms with Gasteiger partial charge in [-0.2, -0.15) is 36.9 Å². The second-order valence-electron chi connectivity index (χ2n) is 7.29. The van der Waals surface area contributed by atoms with Gasteiger partial charge in [0.25, 0.3) is 0 Å². The Balaban J connectivity index is 0.000000351. The quantitative estimate of drug-likeness (QED) is 0.333. The number of thiazole rings is 2. The Kier molecular flexibility index (Phi) is 9.46. The molecule has 0 bridgehead atoms. The van der Waals surface area contributed by atoms with Crippen molar-refractivity contribution in [2.75, 3.05) is 12.5 Å². The Morgan fingerprint density at radius 3 is 1.77 bits per heavy atom. The summed E-state index contributed by atoms with van der Waals surface area (Å²) in [4.78, 5) is 6.88. The maximum atomic E-state index is 12.4. The highest BCUT2D eigenvalue weighted by Crippen LogP contribution is 2.39. The van der Waals surface area contributed by atoms with Gasteiger partial charge in [0.05, 0.1) is 29.5 Å². The van der Waals surface area contributed by atoms with Crippen LogP contribution in [-0.4, -0.2) is 30.9 Å². The van der Waals surface area contributed by atoms with Crippen LogP contribution < -0.4 is 0 Å². The van der Waals surface area contributed by atoms with Crippen LogP contribution in [0.5, 0.6) is 0 Å². The predicted octanol–water partition coefficient (Wildman–Crippen LogP) is 5.78. The van der Waals surface area contributed by atoms with Gasteiger partial charge < -0.3 is 0 Å². The maximum absolute atomic E-state index is 12.4. The first-order valence-corrected chi connectivity index (χ1v) is 14.5. The summed E-state index contributed by atoms with van der Waals surface area (Å²) in [6.45, 7) is 4.41. The summed E-state index contributed by atoms with van der Waals surface area (Å²) in [6, 6.07) is 0. The molecule has 3 atom stereocenters. The van der Waals surface area contributed by atoms with E-state index < -0.39 is 51.8 Å². The van der Waals surface area contributed by atoms with Crippen LogP contribution in [0.3, 0.4) is 0 Å². The van der Waals surface area contributed by atoms with E-state index in [-0.39, 0.29) is 9.75 Å². The van der Waals surface area contributed by atoms with E-state index in [1.165, 1.54) is 45.7 Å². The van der Waals surface area contributed by atoms with Gasteiger partial charge in [-0.15, -0.1) is 31.4 Å². The summed E-state index contributed by atoms with van der Waals surface area (Å²) in [7, 11) is -5.86. The van der Waals surface area contributed by atoms with Gasteiger partial charge in [0.15, 0.2) is 10.0 Å². The zero-order valence-electron chi connectivity index (χ0n) is 18.6. The van der Waals surface area contributed by atoms with Crippen LogP contribution in [0.1, 0.15) is 45.8 Å². The van der Waals surface area contributed by atoms with E-state index in [1.54, 1.807) is 0 Å². The molecule has 0 spiro atoms. The van der Waals surface area contributed by atoms with Gasteiger partial charge in [-0.3, -0.25) is 0 Å². The number of nitriles is 2. The smallest absolute Gasteiger partial charge is 0.248 e. The summed E-state index contributed by atoms with van der Waals surface area (Å²) >= 11 is 0.831. The van der Waals surface area contributed by atoms with Crippen LogP contribution in [-0.2, 0) is 36.6 Å². The lowest BCUT2D eigenvalue weighted by Gasteiger charge is -2.23. The molecule has 0 aliphatic carbocycles. The van der Waals surface area contributed by atoms with E-state index in [0.717, 1.165) is 12.4 Å². The van der Waals surface area contributed by atoms with Gasteiger partial charge in [-0.1, -0.05) is 0 Å². The van der Waals surface area contributed by atoms with Crippen molar-refractivity contribution in [3.63, 3.8) is 0 Å².